The van der Waals surface area contributed by atoms with E-state index in [1.807, 2.05) is 0 Å². The van der Waals surface area contributed by atoms with Crippen LogP contribution in [0.1, 0.15) is 16.8 Å². The van der Waals surface area contributed by atoms with Crippen molar-refractivity contribution in [3.8, 4) is 0 Å². The van der Waals surface area contributed by atoms with Gasteiger partial charge in [-0.25, -0.2) is 4.39 Å². The monoisotopic (exact) mass is 285 g/mol. The number of rotatable bonds is 6. The highest BCUT2D eigenvalue weighted by Crippen LogP contribution is 2.21. The first-order valence-corrected chi connectivity index (χ1v) is 5.91. The number of amides is 1. The number of hydrogen-bond acceptors (Lipinski definition) is 2. The van der Waals surface area contributed by atoms with Crippen molar-refractivity contribution in [2.75, 3.05) is 13.1 Å². The highest BCUT2D eigenvalue weighted by Gasteiger charge is 2.21. The smallest absolute Gasteiger partial charge is 0.305 e. The average molecular weight is 286 g/mol. The van der Waals surface area contributed by atoms with Crippen LogP contribution in [0.2, 0.25) is 5.02 Å². The van der Waals surface area contributed by atoms with E-state index in [1.54, 1.807) is 0 Å². The normalized spacial score (nSPS) is 10.0. The van der Waals surface area contributed by atoms with Crippen molar-refractivity contribution in [2.24, 2.45) is 0 Å². The van der Waals surface area contributed by atoms with Crippen LogP contribution in [0.5, 0.6) is 0 Å². The van der Waals surface area contributed by atoms with Crippen molar-refractivity contribution >= 4 is 23.5 Å². The Morgan fingerprint density at radius 1 is 1.47 bits per heavy atom. The highest BCUT2D eigenvalue weighted by atomic mass is 35.5. The molecule has 0 spiro atoms. The highest BCUT2D eigenvalue weighted by molar-refractivity contribution is 6.33. The van der Waals surface area contributed by atoms with Crippen molar-refractivity contribution < 1.29 is 19.1 Å². The second-order valence-corrected chi connectivity index (χ2v) is 4.19. The van der Waals surface area contributed by atoms with Gasteiger partial charge in [0.2, 0.25) is 0 Å². The molecular weight excluding hydrogens is 273 g/mol. The molecule has 19 heavy (non-hydrogen) atoms. The molecule has 1 N–H and O–H groups in total. The Hall–Kier alpha value is -1.88. The van der Waals surface area contributed by atoms with Gasteiger partial charge in [-0.1, -0.05) is 23.7 Å². The van der Waals surface area contributed by atoms with Crippen LogP contribution in [-0.2, 0) is 4.79 Å². The summed E-state index contributed by atoms with van der Waals surface area (Å²) in [5.74, 6) is -2.42. The molecule has 4 nitrogen and oxygen atoms in total. The molecule has 1 amide bonds. The molecule has 1 aromatic rings. The number of carbonyl (C=O) groups excluding carboxylic acids is 1. The van der Waals surface area contributed by atoms with Crippen molar-refractivity contribution in [3.05, 3.63) is 47.3 Å². The van der Waals surface area contributed by atoms with Gasteiger partial charge in [0.05, 0.1) is 17.0 Å². The maximum atomic E-state index is 13.6. The quantitative estimate of drug-likeness (QED) is 0.817. The Morgan fingerprint density at radius 3 is 2.68 bits per heavy atom. The van der Waals surface area contributed by atoms with Crippen LogP contribution in [0.3, 0.4) is 0 Å². The van der Waals surface area contributed by atoms with Crippen LogP contribution in [0.15, 0.2) is 30.9 Å². The van der Waals surface area contributed by atoms with Gasteiger partial charge in [-0.05, 0) is 12.1 Å². The van der Waals surface area contributed by atoms with Crippen LogP contribution in [0, 0.1) is 5.82 Å². The fourth-order valence-electron chi connectivity index (χ4n) is 1.52. The van der Waals surface area contributed by atoms with Crippen molar-refractivity contribution in [1.29, 1.82) is 0 Å². The van der Waals surface area contributed by atoms with Crippen LogP contribution in [0.4, 0.5) is 4.39 Å². The Kier molecular flexibility index (Phi) is 5.51. The molecule has 0 aromatic heterocycles. The lowest BCUT2D eigenvalue weighted by Crippen LogP contribution is -2.34. The fourth-order valence-corrected chi connectivity index (χ4v) is 1.77. The summed E-state index contributed by atoms with van der Waals surface area (Å²) in [6.07, 6.45) is 1.21. The van der Waals surface area contributed by atoms with E-state index in [2.05, 4.69) is 6.58 Å². The molecule has 0 radical (unpaired) electrons. The molecule has 102 valence electrons. The molecule has 0 saturated heterocycles. The van der Waals surface area contributed by atoms with E-state index in [4.69, 9.17) is 16.7 Å². The Labute approximate surface area is 115 Å². The van der Waals surface area contributed by atoms with Gasteiger partial charge in [0.25, 0.3) is 5.91 Å². The van der Waals surface area contributed by atoms with Gasteiger partial charge in [0.1, 0.15) is 5.82 Å². The van der Waals surface area contributed by atoms with Crippen molar-refractivity contribution in [3.63, 3.8) is 0 Å². The van der Waals surface area contributed by atoms with Gasteiger partial charge in [0, 0.05) is 13.1 Å². The minimum absolute atomic E-state index is 0.00520. The maximum Gasteiger partial charge on any atom is 0.305 e. The Bertz CT molecular complexity index is 484. The first-order valence-electron chi connectivity index (χ1n) is 5.53. The summed E-state index contributed by atoms with van der Waals surface area (Å²) in [6, 6.07) is 3.92. The predicted octanol–water partition coefficient (Wildman–Crippen LogP) is 2.58. The summed E-state index contributed by atoms with van der Waals surface area (Å²) in [5, 5.41) is 8.62. The molecule has 0 atom stereocenters. The van der Waals surface area contributed by atoms with Crippen LogP contribution < -0.4 is 0 Å². The van der Waals surface area contributed by atoms with Gasteiger partial charge in [-0.15, -0.1) is 6.58 Å². The van der Waals surface area contributed by atoms with Gasteiger partial charge >= 0.3 is 5.97 Å². The molecule has 0 aliphatic rings. The third-order valence-electron chi connectivity index (χ3n) is 2.41. The van der Waals surface area contributed by atoms with Gasteiger partial charge in [-0.2, -0.15) is 0 Å². The summed E-state index contributed by atoms with van der Waals surface area (Å²) >= 11 is 5.80. The van der Waals surface area contributed by atoms with Crippen molar-refractivity contribution in [1.82, 2.24) is 4.90 Å². The van der Waals surface area contributed by atoms with E-state index in [9.17, 15) is 14.0 Å². The lowest BCUT2D eigenvalue weighted by Gasteiger charge is -2.21. The van der Waals surface area contributed by atoms with Crippen LogP contribution in [0.25, 0.3) is 0 Å². The largest absolute Gasteiger partial charge is 0.481 e. The zero-order valence-electron chi connectivity index (χ0n) is 10.1. The standard InChI is InChI=1S/C13H13ClFNO3/c1-2-7-16(8-6-11(17)18)13(19)12-9(14)4-3-5-10(12)15/h2-5H,1,6-8H2,(H,17,18). The summed E-state index contributed by atoms with van der Waals surface area (Å²) in [5.41, 5.74) is -0.253. The molecule has 0 aliphatic carbocycles. The molecule has 6 heteroatoms. The first-order chi connectivity index (χ1) is 8.97. The molecule has 0 fully saturated rings. The van der Waals surface area contributed by atoms with E-state index in [1.165, 1.54) is 23.1 Å². The average Bonchev–Trinajstić information content (AvgIpc) is 2.33. The SMILES string of the molecule is C=CCN(CCC(=O)O)C(=O)c1c(F)cccc1Cl. The molecule has 0 bridgehead atoms. The molecule has 0 heterocycles. The number of halogens is 2. The number of carbonyl (C=O) groups is 2. The predicted molar refractivity (Wildman–Crippen MR) is 69.8 cm³/mol. The summed E-state index contributed by atoms with van der Waals surface area (Å²) in [6.45, 7) is 3.57. The van der Waals surface area contributed by atoms with Crippen molar-refractivity contribution in [2.45, 2.75) is 6.42 Å². The number of carboxylic acids is 1. The van der Waals surface area contributed by atoms with E-state index in [0.717, 1.165) is 6.07 Å². The zero-order chi connectivity index (χ0) is 14.4. The Morgan fingerprint density at radius 2 is 2.16 bits per heavy atom. The summed E-state index contributed by atoms with van der Waals surface area (Å²) < 4.78 is 13.6. The van der Waals surface area contributed by atoms with Gasteiger partial charge < -0.3 is 10.0 Å². The van der Waals surface area contributed by atoms with Crippen LogP contribution in [-0.4, -0.2) is 35.0 Å². The third-order valence-corrected chi connectivity index (χ3v) is 2.72. The molecule has 0 saturated carbocycles. The molecule has 0 unspecified atom stereocenters. The number of nitrogens with zero attached hydrogens (tertiary/aromatic N) is 1. The number of benzene rings is 1. The van der Waals surface area contributed by atoms with Crippen LogP contribution >= 0.6 is 11.6 Å². The van der Waals surface area contributed by atoms with Gasteiger partial charge in [0.15, 0.2) is 0 Å². The maximum absolute atomic E-state index is 13.6. The van der Waals surface area contributed by atoms with E-state index in [-0.39, 0.29) is 30.1 Å². The number of hydrogen-bond donors (Lipinski definition) is 1. The third kappa shape index (κ3) is 4.06. The second-order valence-electron chi connectivity index (χ2n) is 3.78. The number of carboxylic acid groups (broad SMARTS) is 1. The van der Waals surface area contributed by atoms with E-state index in [0.29, 0.717) is 0 Å². The lowest BCUT2D eigenvalue weighted by atomic mass is 10.1. The first kappa shape index (κ1) is 15.2. The van der Waals surface area contributed by atoms with E-state index < -0.39 is 17.7 Å². The molecule has 1 aromatic carbocycles. The Balaban J connectivity index is 2.98. The summed E-state index contributed by atoms with van der Waals surface area (Å²) in [7, 11) is 0. The minimum Gasteiger partial charge on any atom is -0.481 e. The topological polar surface area (TPSA) is 57.6 Å². The fraction of sp³-hybridized carbons (Fsp3) is 0.231. The lowest BCUT2D eigenvalue weighted by molar-refractivity contribution is -0.137. The molecule has 1 rings (SSSR count). The number of aliphatic carboxylic acids is 1. The second kappa shape index (κ2) is 6.89. The molecular formula is C13H13ClFNO3. The van der Waals surface area contributed by atoms with Gasteiger partial charge in [-0.3, -0.25) is 9.59 Å². The minimum atomic E-state index is -1.04. The zero-order valence-corrected chi connectivity index (χ0v) is 10.9. The summed E-state index contributed by atoms with van der Waals surface area (Å²) in [4.78, 5) is 23.9. The molecule has 0 aliphatic heterocycles. The van der Waals surface area contributed by atoms with E-state index >= 15 is 0 Å².